The quantitative estimate of drug-likeness (QED) is 0.540. The summed E-state index contributed by atoms with van der Waals surface area (Å²) in [6.45, 7) is 14.2. The average molecular weight is 465 g/mol. The standard InChI is InChI=1S/C27H36N4O3/c1-18(2)19-8-10-21(11-9-19)27(32,26(6)16-31(7)17-26)22-12-20(13-28-14-22)24-29-23(34-30-24)15-33-25(3,4)5/h8-14,18,32H,15-17H2,1-7H3/t27-/m0/s1. The lowest BCUT2D eigenvalue weighted by Gasteiger charge is -2.55. The first-order chi connectivity index (χ1) is 15.9. The highest BCUT2D eigenvalue weighted by Crippen LogP contribution is 2.50. The minimum Gasteiger partial charge on any atom is -0.380 e. The number of nitrogens with zero attached hydrogens (tertiary/aromatic N) is 4. The zero-order valence-corrected chi connectivity index (χ0v) is 21.3. The van der Waals surface area contributed by atoms with E-state index in [1.807, 2.05) is 39.0 Å². The summed E-state index contributed by atoms with van der Waals surface area (Å²) in [6, 6.07) is 10.2. The van der Waals surface area contributed by atoms with Gasteiger partial charge in [-0.3, -0.25) is 4.98 Å². The lowest BCUT2D eigenvalue weighted by atomic mass is 9.62. The molecule has 1 aliphatic rings. The molecular weight excluding hydrogens is 428 g/mol. The van der Waals surface area contributed by atoms with E-state index in [9.17, 15) is 5.11 Å². The molecule has 182 valence electrons. The van der Waals surface area contributed by atoms with Crippen molar-refractivity contribution in [1.82, 2.24) is 20.0 Å². The summed E-state index contributed by atoms with van der Waals surface area (Å²) in [5.41, 5.74) is 1.62. The molecule has 34 heavy (non-hydrogen) atoms. The molecule has 3 aromatic rings. The molecular formula is C27H36N4O3. The number of hydrogen-bond donors (Lipinski definition) is 1. The SMILES string of the molecule is CC(C)c1ccc([C@](O)(c2cncc(-c3noc(COC(C)(C)C)n3)c2)C2(C)CN(C)C2)cc1. The third-order valence-corrected chi connectivity index (χ3v) is 6.62. The molecule has 0 unspecified atom stereocenters. The summed E-state index contributed by atoms with van der Waals surface area (Å²) in [4.78, 5) is 11.2. The fraction of sp³-hybridized carbons (Fsp3) is 0.519. The van der Waals surface area contributed by atoms with E-state index in [4.69, 9.17) is 9.26 Å². The smallest absolute Gasteiger partial charge is 0.252 e. The van der Waals surface area contributed by atoms with E-state index in [1.54, 1.807) is 12.4 Å². The highest BCUT2D eigenvalue weighted by Gasteiger charge is 2.55. The Morgan fingerprint density at radius 2 is 1.79 bits per heavy atom. The topological polar surface area (TPSA) is 84.5 Å². The van der Waals surface area contributed by atoms with E-state index >= 15 is 0 Å². The van der Waals surface area contributed by atoms with Gasteiger partial charge in [0, 0.05) is 42.0 Å². The van der Waals surface area contributed by atoms with E-state index < -0.39 is 5.60 Å². The first-order valence-electron chi connectivity index (χ1n) is 11.9. The molecule has 7 heteroatoms. The molecule has 2 aromatic heterocycles. The van der Waals surface area contributed by atoms with Gasteiger partial charge in [0.05, 0.1) is 5.60 Å². The Morgan fingerprint density at radius 1 is 1.12 bits per heavy atom. The number of aromatic nitrogens is 3. The molecule has 0 spiro atoms. The van der Waals surface area contributed by atoms with Crippen LogP contribution in [0.1, 0.15) is 70.0 Å². The summed E-state index contributed by atoms with van der Waals surface area (Å²) >= 11 is 0. The highest BCUT2D eigenvalue weighted by atomic mass is 16.5. The second-order valence-electron chi connectivity index (χ2n) is 11.1. The van der Waals surface area contributed by atoms with Crippen molar-refractivity contribution in [3.63, 3.8) is 0 Å². The van der Waals surface area contributed by atoms with Crippen LogP contribution in [0, 0.1) is 5.41 Å². The van der Waals surface area contributed by atoms with Crippen molar-refractivity contribution in [3.05, 3.63) is 65.3 Å². The van der Waals surface area contributed by atoms with E-state index in [1.165, 1.54) is 5.56 Å². The van der Waals surface area contributed by atoms with Crippen LogP contribution in [0.2, 0.25) is 0 Å². The van der Waals surface area contributed by atoms with Crippen molar-refractivity contribution in [2.45, 2.75) is 65.3 Å². The van der Waals surface area contributed by atoms with Gasteiger partial charge in [-0.25, -0.2) is 0 Å². The second-order valence-corrected chi connectivity index (χ2v) is 11.1. The Labute approximate surface area is 202 Å². The molecule has 1 saturated heterocycles. The van der Waals surface area contributed by atoms with Crippen molar-refractivity contribution in [1.29, 1.82) is 0 Å². The van der Waals surface area contributed by atoms with Crippen molar-refractivity contribution < 1.29 is 14.4 Å². The maximum atomic E-state index is 12.4. The van der Waals surface area contributed by atoms with Crippen LogP contribution in [0.3, 0.4) is 0 Å². The van der Waals surface area contributed by atoms with Crippen LogP contribution in [-0.2, 0) is 16.9 Å². The van der Waals surface area contributed by atoms with Gasteiger partial charge in [-0.15, -0.1) is 0 Å². The van der Waals surface area contributed by atoms with Crippen molar-refractivity contribution in [3.8, 4) is 11.4 Å². The summed E-state index contributed by atoms with van der Waals surface area (Å²) in [5, 5.41) is 16.5. The highest BCUT2D eigenvalue weighted by molar-refractivity contribution is 5.56. The molecule has 1 fully saturated rings. The first-order valence-corrected chi connectivity index (χ1v) is 11.9. The number of ether oxygens (including phenoxy) is 1. The van der Waals surface area contributed by atoms with Crippen molar-refractivity contribution in [2.24, 2.45) is 5.41 Å². The van der Waals surface area contributed by atoms with E-state index in [-0.39, 0.29) is 17.6 Å². The zero-order chi connectivity index (χ0) is 24.7. The van der Waals surface area contributed by atoms with Crippen LogP contribution in [0.5, 0.6) is 0 Å². The molecule has 1 atom stereocenters. The lowest BCUT2D eigenvalue weighted by molar-refractivity contribution is -0.127. The number of pyridine rings is 1. The molecule has 0 bridgehead atoms. The second kappa shape index (κ2) is 8.87. The maximum Gasteiger partial charge on any atom is 0.252 e. The van der Waals surface area contributed by atoms with E-state index in [2.05, 4.69) is 60.0 Å². The third kappa shape index (κ3) is 4.65. The molecule has 0 saturated carbocycles. The number of aliphatic hydroxyl groups is 1. The molecule has 0 radical (unpaired) electrons. The van der Waals surface area contributed by atoms with Gasteiger partial charge in [0.25, 0.3) is 5.89 Å². The minimum absolute atomic E-state index is 0.236. The van der Waals surface area contributed by atoms with Gasteiger partial charge in [0.15, 0.2) is 0 Å². The predicted molar refractivity (Wildman–Crippen MR) is 131 cm³/mol. The number of likely N-dealkylation sites (tertiary alicyclic amines) is 1. The Morgan fingerprint density at radius 3 is 2.38 bits per heavy atom. The number of rotatable bonds is 7. The molecule has 1 aromatic carbocycles. The van der Waals surface area contributed by atoms with Crippen LogP contribution in [0.25, 0.3) is 11.4 Å². The van der Waals surface area contributed by atoms with Gasteiger partial charge in [0.2, 0.25) is 5.82 Å². The van der Waals surface area contributed by atoms with Gasteiger partial charge >= 0.3 is 0 Å². The Bertz CT molecular complexity index is 1130. The maximum absolute atomic E-state index is 12.4. The van der Waals surface area contributed by atoms with Crippen molar-refractivity contribution >= 4 is 0 Å². The summed E-state index contributed by atoms with van der Waals surface area (Å²) in [7, 11) is 2.07. The van der Waals surface area contributed by atoms with Gasteiger partial charge < -0.3 is 19.3 Å². The molecule has 1 N–H and O–H groups in total. The fourth-order valence-corrected chi connectivity index (χ4v) is 4.82. The largest absolute Gasteiger partial charge is 0.380 e. The Kier molecular flexibility index (Phi) is 6.40. The Hall–Kier alpha value is -2.61. The molecule has 4 rings (SSSR count). The van der Waals surface area contributed by atoms with Crippen molar-refractivity contribution in [2.75, 3.05) is 20.1 Å². The average Bonchev–Trinajstić information content (AvgIpc) is 3.25. The van der Waals surface area contributed by atoms with Crippen LogP contribution >= 0.6 is 0 Å². The molecule has 0 aliphatic carbocycles. The third-order valence-electron chi connectivity index (χ3n) is 6.62. The molecule has 3 heterocycles. The molecule has 0 amide bonds. The van der Waals surface area contributed by atoms with Crippen LogP contribution in [0.15, 0.2) is 47.2 Å². The van der Waals surface area contributed by atoms with Gasteiger partial charge in [-0.1, -0.05) is 50.2 Å². The van der Waals surface area contributed by atoms with Gasteiger partial charge in [0.1, 0.15) is 12.2 Å². The molecule has 7 nitrogen and oxygen atoms in total. The number of benzene rings is 1. The van der Waals surface area contributed by atoms with Gasteiger partial charge in [-0.05, 0) is 50.9 Å². The molecule has 1 aliphatic heterocycles. The summed E-state index contributed by atoms with van der Waals surface area (Å²) < 4.78 is 11.1. The van der Waals surface area contributed by atoms with E-state index in [0.29, 0.717) is 23.2 Å². The predicted octanol–water partition coefficient (Wildman–Crippen LogP) is 4.76. The monoisotopic (exact) mass is 464 g/mol. The van der Waals surface area contributed by atoms with E-state index in [0.717, 1.165) is 24.2 Å². The first kappa shape index (κ1) is 24.5. The van der Waals surface area contributed by atoms with Crippen LogP contribution in [-0.4, -0.2) is 50.9 Å². The van der Waals surface area contributed by atoms with Crippen LogP contribution < -0.4 is 0 Å². The fourth-order valence-electron chi connectivity index (χ4n) is 4.82. The number of hydrogen-bond acceptors (Lipinski definition) is 7. The van der Waals surface area contributed by atoms with Crippen LogP contribution in [0.4, 0.5) is 0 Å². The van der Waals surface area contributed by atoms with Gasteiger partial charge in [-0.2, -0.15) is 4.98 Å². The lowest BCUT2D eigenvalue weighted by Crippen LogP contribution is -2.63. The summed E-state index contributed by atoms with van der Waals surface area (Å²) in [5.74, 6) is 1.25. The minimum atomic E-state index is -1.22. The zero-order valence-electron chi connectivity index (χ0n) is 21.3. The Balaban J connectivity index is 1.71. The summed E-state index contributed by atoms with van der Waals surface area (Å²) in [6.07, 6.45) is 3.44. The normalized spacial score (nSPS) is 18.0.